The minimum absolute atomic E-state index is 0.0695. The van der Waals surface area contributed by atoms with Crippen molar-refractivity contribution in [1.29, 1.82) is 0 Å². The van der Waals surface area contributed by atoms with E-state index in [1.165, 1.54) is 302 Å². The number of esters is 3. The first-order valence-electron chi connectivity index (χ1n) is 37.3. The second-order valence-electron chi connectivity index (χ2n) is 25.6. The molecule has 0 aromatic heterocycles. The summed E-state index contributed by atoms with van der Waals surface area (Å²) >= 11 is 0. The van der Waals surface area contributed by atoms with Crippen LogP contribution < -0.4 is 0 Å². The predicted molar refractivity (Wildman–Crippen MR) is 358 cm³/mol. The molecule has 484 valence electrons. The Labute approximate surface area is 513 Å². The highest BCUT2D eigenvalue weighted by Crippen LogP contribution is 2.20. The zero-order chi connectivity index (χ0) is 59.2. The molecule has 0 radical (unpaired) electrons. The highest BCUT2D eigenvalue weighted by molar-refractivity contribution is 5.71. The third-order valence-corrected chi connectivity index (χ3v) is 17.2. The molecule has 6 heteroatoms. The zero-order valence-electron chi connectivity index (χ0n) is 55.8. The molecule has 0 fully saturated rings. The summed E-state index contributed by atoms with van der Waals surface area (Å²) in [6, 6.07) is 0. The van der Waals surface area contributed by atoms with Crippen LogP contribution in [0.5, 0.6) is 0 Å². The van der Waals surface area contributed by atoms with Gasteiger partial charge in [0.25, 0.3) is 0 Å². The van der Waals surface area contributed by atoms with Gasteiger partial charge in [0.15, 0.2) is 6.10 Å². The molecule has 82 heavy (non-hydrogen) atoms. The van der Waals surface area contributed by atoms with E-state index in [-0.39, 0.29) is 31.1 Å². The maximum Gasteiger partial charge on any atom is 0.306 e. The molecular formula is C76H144O6. The number of carbonyl (C=O) groups is 3. The molecule has 0 rings (SSSR count). The molecule has 1 unspecified atom stereocenters. The van der Waals surface area contributed by atoms with Gasteiger partial charge in [-0.25, -0.2) is 0 Å². The van der Waals surface area contributed by atoms with E-state index in [2.05, 4.69) is 45.1 Å². The van der Waals surface area contributed by atoms with E-state index < -0.39 is 6.10 Å². The summed E-state index contributed by atoms with van der Waals surface area (Å²) in [5, 5.41) is 0. The molecule has 0 spiro atoms. The van der Waals surface area contributed by atoms with Crippen LogP contribution in [-0.2, 0) is 28.6 Å². The highest BCUT2D eigenvalue weighted by atomic mass is 16.6. The Bertz CT molecular complexity index is 1320. The van der Waals surface area contributed by atoms with Crippen molar-refractivity contribution < 1.29 is 28.6 Å². The van der Waals surface area contributed by atoms with Gasteiger partial charge in [-0.2, -0.15) is 0 Å². The summed E-state index contributed by atoms with van der Waals surface area (Å²) in [4.78, 5) is 38.4. The molecule has 0 aliphatic heterocycles. The molecule has 0 aliphatic rings. The van der Waals surface area contributed by atoms with Crippen molar-refractivity contribution in [2.24, 2.45) is 0 Å². The van der Waals surface area contributed by atoms with Gasteiger partial charge in [-0.05, 0) is 44.9 Å². The molecule has 0 heterocycles. The fraction of sp³-hybridized carbons (Fsp3) is 0.908. The monoisotopic (exact) mass is 1150 g/mol. The van der Waals surface area contributed by atoms with Gasteiger partial charge >= 0.3 is 17.9 Å². The fourth-order valence-electron chi connectivity index (χ4n) is 11.6. The number of carbonyl (C=O) groups excluding carboxylic acids is 3. The van der Waals surface area contributed by atoms with E-state index in [0.717, 1.165) is 83.5 Å². The number of hydrogen-bond donors (Lipinski definition) is 0. The average Bonchev–Trinajstić information content (AvgIpc) is 3.47. The van der Waals surface area contributed by atoms with E-state index in [4.69, 9.17) is 14.2 Å². The summed E-state index contributed by atoms with van der Waals surface area (Å²) in [5.74, 6) is -0.853. The Kier molecular flexibility index (Phi) is 69.5. The lowest BCUT2D eigenvalue weighted by Crippen LogP contribution is -2.30. The second kappa shape index (κ2) is 71.4. The summed E-state index contributed by atoms with van der Waals surface area (Å²) in [7, 11) is 0. The van der Waals surface area contributed by atoms with Gasteiger partial charge in [0.1, 0.15) is 13.2 Å². The van der Waals surface area contributed by atoms with Crippen molar-refractivity contribution in [3.63, 3.8) is 0 Å². The standard InChI is InChI=1S/C76H144O6/c1-4-7-10-13-16-19-22-25-27-29-30-31-32-33-34-35-36-37-38-39-40-41-42-43-44-45-46-47-49-51-54-57-60-63-66-69-75(78)81-72-73(71-80-74(77)68-65-62-59-56-53-50-24-21-18-15-12-9-6-3)82-76(79)70-67-64-61-58-55-52-48-28-26-23-20-17-14-11-8-5-2/h12,15,21,24,73H,4-11,13-14,16-20,22-23,25-72H2,1-3H3/b15-12-,24-21-. The zero-order valence-corrected chi connectivity index (χ0v) is 55.8. The van der Waals surface area contributed by atoms with E-state index in [1.807, 2.05) is 0 Å². The first-order chi connectivity index (χ1) is 40.5. The Morgan fingerprint density at radius 1 is 0.244 bits per heavy atom. The van der Waals surface area contributed by atoms with Crippen LogP contribution in [0.4, 0.5) is 0 Å². The lowest BCUT2D eigenvalue weighted by Gasteiger charge is -2.18. The van der Waals surface area contributed by atoms with Crippen LogP contribution in [0.2, 0.25) is 0 Å². The van der Waals surface area contributed by atoms with Crippen LogP contribution in [0.15, 0.2) is 24.3 Å². The molecule has 6 nitrogen and oxygen atoms in total. The quantitative estimate of drug-likeness (QED) is 0.0261. The summed E-state index contributed by atoms with van der Waals surface area (Å²) in [5.41, 5.74) is 0. The Balaban J connectivity index is 4.03. The van der Waals surface area contributed by atoms with Crippen LogP contribution in [0.25, 0.3) is 0 Å². The van der Waals surface area contributed by atoms with Crippen molar-refractivity contribution in [1.82, 2.24) is 0 Å². The normalized spacial score (nSPS) is 12.1. The van der Waals surface area contributed by atoms with Crippen LogP contribution in [0.1, 0.15) is 425 Å². The molecule has 0 amide bonds. The van der Waals surface area contributed by atoms with Gasteiger partial charge in [-0.3, -0.25) is 14.4 Å². The van der Waals surface area contributed by atoms with Crippen LogP contribution >= 0.6 is 0 Å². The summed E-state index contributed by atoms with van der Waals surface area (Å²) < 4.78 is 17.0. The Morgan fingerprint density at radius 3 is 0.720 bits per heavy atom. The molecule has 1 atom stereocenters. The van der Waals surface area contributed by atoms with Gasteiger partial charge in [0.2, 0.25) is 0 Å². The lowest BCUT2D eigenvalue weighted by atomic mass is 10.0. The van der Waals surface area contributed by atoms with E-state index in [0.29, 0.717) is 19.3 Å². The average molecular weight is 1150 g/mol. The summed E-state index contributed by atoms with van der Waals surface area (Å²) in [6.45, 7) is 6.65. The number of ether oxygens (including phenoxy) is 3. The molecule has 0 saturated heterocycles. The number of allylic oxidation sites excluding steroid dienone is 4. The van der Waals surface area contributed by atoms with Crippen LogP contribution in [-0.4, -0.2) is 37.2 Å². The van der Waals surface area contributed by atoms with Gasteiger partial charge in [-0.15, -0.1) is 0 Å². The molecule has 0 N–H and O–H groups in total. The lowest BCUT2D eigenvalue weighted by molar-refractivity contribution is -0.167. The Hall–Kier alpha value is -2.11. The number of unbranched alkanes of at least 4 members (excludes halogenated alkanes) is 55. The highest BCUT2D eigenvalue weighted by Gasteiger charge is 2.20. The number of hydrogen-bond acceptors (Lipinski definition) is 6. The maximum absolute atomic E-state index is 12.9. The third-order valence-electron chi connectivity index (χ3n) is 17.2. The molecular weight excluding hydrogens is 1010 g/mol. The van der Waals surface area contributed by atoms with Gasteiger partial charge in [0, 0.05) is 19.3 Å². The molecule has 0 aromatic rings. The van der Waals surface area contributed by atoms with E-state index in [9.17, 15) is 14.4 Å². The first kappa shape index (κ1) is 79.9. The summed E-state index contributed by atoms with van der Waals surface area (Å²) in [6.07, 6.45) is 88.2. The van der Waals surface area contributed by atoms with Crippen LogP contribution in [0, 0.1) is 0 Å². The topological polar surface area (TPSA) is 78.9 Å². The van der Waals surface area contributed by atoms with Gasteiger partial charge < -0.3 is 14.2 Å². The minimum atomic E-state index is -0.774. The molecule has 0 aromatic carbocycles. The van der Waals surface area contributed by atoms with Crippen LogP contribution in [0.3, 0.4) is 0 Å². The smallest absolute Gasteiger partial charge is 0.306 e. The second-order valence-corrected chi connectivity index (χ2v) is 25.6. The largest absolute Gasteiger partial charge is 0.462 e. The van der Waals surface area contributed by atoms with Gasteiger partial charge in [0.05, 0.1) is 0 Å². The predicted octanol–water partition coefficient (Wildman–Crippen LogP) is 25.7. The van der Waals surface area contributed by atoms with Crippen molar-refractivity contribution in [3.8, 4) is 0 Å². The third kappa shape index (κ3) is 68.7. The molecule has 0 saturated carbocycles. The van der Waals surface area contributed by atoms with Gasteiger partial charge in [-0.1, -0.05) is 385 Å². The van der Waals surface area contributed by atoms with Crippen molar-refractivity contribution in [2.45, 2.75) is 431 Å². The maximum atomic E-state index is 12.9. The fourth-order valence-corrected chi connectivity index (χ4v) is 11.6. The van der Waals surface area contributed by atoms with E-state index >= 15 is 0 Å². The first-order valence-corrected chi connectivity index (χ1v) is 37.3. The van der Waals surface area contributed by atoms with Crippen molar-refractivity contribution in [3.05, 3.63) is 24.3 Å². The molecule has 0 bridgehead atoms. The minimum Gasteiger partial charge on any atom is -0.462 e. The van der Waals surface area contributed by atoms with E-state index in [1.54, 1.807) is 0 Å². The molecule has 0 aliphatic carbocycles. The van der Waals surface area contributed by atoms with Crippen molar-refractivity contribution in [2.75, 3.05) is 13.2 Å². The SMILES string of the molecule is CCC/C=C\C/C=C\CCCCCCCC(=O)OCC(COC(=O)CCCCCCCCCCCCCCCCCCCCCCCCCCCCCCCCCCCCC)OC(=O)CCCCCCCCCCCCCCCCCC. The Morgan fingerprint density at radius 2 is 0.463 bits per heavy atom. The van der Waals surface area contributed by atoms with Crippen molar-refractivity contribution >= 4 is 17.9 Å². The number of rotatable bonds is 70.